The summed E-state index contributed by atoms with van der Waals surface area (Å²) in [6.45, 7) is 0. The fourth-order valence-corrected chi connectivity index (χ4v) is 1.81. The van der Waals surface area contributed by atoms with Gasteiger partial charge < -0.3 is 0 Å². The Morgan fingerprint density at radius 3 is 2.32 bits per heavy atom. The van der Waals surface area contributed by atoms with Gasteiger partial charge in [-0.2, -0.15) is 13.5 Å². The van der Waals surface area contributed by atoms with Crippen molar-refractivity contribution in [1.29, 1.82) is 0 Å². The maximum absolute atomic E-state index is 10.8. The van der Waals surface area contributed by atoms with Gasteiger partial charge in [-0.1, -0.05) is 0 Å². The van der Waals surface area contributed by atoms with Gasteiger partial charge in [0.1, 0.15) is 0 Å². The third-order valence-electron chi connectivity index (χ3n) is 2.27. The van der Waals surface area contributed by atoms with Crippen molar-refractivity contribution in [3.63, 3.8) is 0 Å². The number of aromatic nitrogens is 1. The summed E-state index contributed by atoms with van der Waals surface area (Å²) in [5.74, 6) is 0. The first-order valence-corrected chi connectivity index (χ1v) is 6.76. The van der Waals surface area contributed by atoms with E-state index in [1.165, 1.54) is 24.3 Å². The fourth-order valence-electron chi connectivity index (χ4n) is 1.33. The average Bonchev–Trinajstić information content (AvgIpc) is 2.39. The topological polar surface area (TPSA) is 91.7 Å². The Morgan fingerprint density at radius 1 is 1.11 bits per heavy atom. The number of hydrogen-bond acceptors (Lipinski definition) is 5. The summed E-state index contributed by atoms with van der Waals surface area (Å²) in [5.41, 5.74) is 4.24. The van der Waals surface area contributed by atoms with Crippen molar-refractivity contribution < 1.29 is 13.0 Å². The number of benzene rings is 1. The van der Waals surface area contributed by atoms with Crippen molar-refractivity contribution in [2.45, 2.75) is 4.90 Å². The lowest BCUT2D eigenvalue weighted by Gasteiger charge is -2.01. The zero-order valence-electron chi connectivity index (χ0n) is 9.76. The van der Waals surface area contributed by atoms with Crippen molar-refractivity contribution in [2.75, 3.05) is 5.43 Å². The molecule has 6 nitrogen and oxygen atoms in total. The third kappa shape index (κ3) is 3.87. The van der Waals surface area contributed by atoms with Gasteiger partial charge in [-0.3, -0.25) is 15.0 Å². The van der Waals surface area contributed by atoms with Crippen LogP contribution in [0.4, 0.5) is 5.69 Å². The van der Waals surface area contributed by atoms with Gasteiger partial charge in [-0.05, 0) is 42.0 Å². The molecule has 0 saturated carbocycles. The van der Waals surface area contributed by atoms with Crippen LogP contribution in [0.2, 0.25) is 0 Å². The molecule has 0 fully saturated rings. The number of nitrogens with zero attached hydrogens (tertiary/aromatic N) is 2. The molecular weight excluding hydrogens is 266 g/mol. The van der Waals surface area contributed by atoms with Crippen LogP contribution in [0.25, 0.3) is 0 Å². The molecule has 0 amide bonds. The van der Waals surface area contributed by atoms with Crippen molar-refractivity contribution in [2.24, 2.45) is 5.10 Å². The third-order valence-corrected chi connectivity index (χ3v) is 3.13. The van der Waals surface area contributed by atoms with Gasteiger partial charge in [-0.25, -0.2) is 0 Å². The van der Waals surface area contributed by atoms with Crippen LogP contribution < -0.4 is 5.43 Å². The minimum atomic E-state index is -4.16. The average molecular weight is 277 g/mol. The van der Waals surface area contributed by atoms with Crippen molar-refractivity contribution >= 4 is 22.0 Å². The standard InChI is InChI=1S/C12H11N3O3S/c16-19(17,18)12-3-1-11(2-4-12)15-14-9-10-5-7-13-8-6-10/h1-9,15H,(H,16,17,18). The Morgan fingerprint density at radius 2 is 1.74 bits per heavy atom. The Bertz CT molecular complexity index is 667. The number of nitrogens with one attached hydrogen (secondary N) is 1. The number of pyridine rings is 1. The molecule has 1 aromatic carbocycles. The summed E-state index contributed by atoms with van der Waals surface area (Å²) in [4.78, 5) is 3.73. The maximum Gasteiger partial charge on any atom is 0.294 e. The minimum absolute atomic E-state index is 0.156. The van der Waals surface area contributed by atoms with Crippen molar-refractivity contribution in [3.05, 3.63) is 54.4 Å². The van der Waals surface area contributed by atoms with Crippen LogP contribution in [0.5, 0.6) is 0 Å². The predicted octanol–water partition coefficient (Wildman–Crippen LogP) is 1.77. The lowest BCUT2D eigenvalue weighted by Crippen LogP contribution is -1.98. The zero-order chi connectivity index (χ0) is 13.7. The predicted molar refractivity (Wildman–Crippen MR) is 71.7 cm³/mol. The SMILES string of the molecule is O=S(=O)(O)c1ccc(NN=Cc2ccncc2)cc1. The van der Waals surface area contributed by atoms with Gasteiger partial charge in [0.15, 0.2) is 0 Å². The molecule has 98 valence electrons. The van der Waals surface area contributed by atoms with E-state index in [2.05, 4.69) is 15.5 Å². The van der Waals surface area contributed by atoms with E-state index < -0.39 is 10.1 Å². The normalized spacial score (nSPS) is 11.6. The maximum atomic E-state index is 10.8. The van der Waals surface area contributed by atoms with Crippen LogP contribution in [0.1, 0.15) is 5.56 Å². The van der Waals surface area contributed by atoms with Crippen LogP contribution >= 0.6 is 0 Å². The zero-order valence-corrected chi connectivity index (χ0v) is 10.6. The second-order valence-electron chi connectivity index (χ2n) is 3.65. The van der Waals surface area contributed by atoms with Crippen LogP contribution in [-0.2, 0) is 10.1 Å². The van der Waals surface area contributed by atoms with Gasteiger partial charge >= 0.3 is 0 Å². The largest absolute Gasteiger partial charge is 0.294 e. The van der Waals surface area contributed by atoms with Gasteiger partial charge in [0.2, 0.25) is 0 Å². The van der Waals surface area contributed by atoms with E-state index in [9.17, 15) is 8.42 Å². The van der Waals surface area contributed by atoms with Crippen molar-refractivity contribution in [1.82, 2.24) is 4.98 Å². The molecular formula is C12H11N3O3S. The molecule has 0 aliphatic heterocycles. The fraction of sp³-hybridized carbons (Fsp3) is 0. The number of anilines is 1. The lowest BCUT2D eigenvalue weighted by molar-refractivity contribution is 0.483. The van der Waals surface area contributed by atoms with Crippen LogP contribution in [0, 0.1) is 0 Å². The van der Waals surface area contributed by atoms with Crippen LogP contribution in [0.15, 0.2) is 58.8 Å². The lowest BCUT2D eigenvalue weighted by atomic mass is 10.3. The highest BCUT2D eigenvalue weighted by molar-refractivity contribution is 7.85. The first-order valence-electron chi connectivity index (χ1n) is 5.32. The van der Waals surface area contributed by atoms with Gasteiger partial charge in [0.05, 0.1) is 16.8 Å². The number of hydrogen-bond donors (Lipinski definition) is 2. The molecule has 2 aromatic rings. The van der Waals surface area contributed by atoms with E-state index in [0.717, 1.165) is 5.56 Å². The van der Waals surface area contributed by atoms with Crippen LogP contribution in [-0.4, -0.2) is 24.2 Å². The summed E-state index contributed by atoms with van der Waals surface area (Å²) >= 11 is 0. The Balaban J connectivity index is 2.03. The summed E-state index contributed by atoms with van der Waals surface area (Å²) < 4.78 is 30.5. The monoisotopic (exact) mass is 277 g/mol. The van der Waals surface area contributed by atoms with E-state index in [4.69, 9.17) is 4.55 Å². The molecule has 19 heavy (non-hydrogen) atoms. The molecule has 1 heterocycles. The molecule has 0 bridgehead atoms. The van der Waals surface area contributed by atoms with Gasteiger partial charge in [0.25, 0.3) is 10.1 Å². The summed E-state index contributed by atoms with van der Waals surface area (Å²) in [6.07, 6.45) is 4.92. The number of hydrazone groups is 1. The highest BCUT2D eigenvalue weighted by atomic mass is 32.2. The highest BCUT2D eigenvalue weighted by Crippen LogP contribution is 2.13. The smallest absolute Gasteiger partial charge is 0.282 e. The van der Waals surface area contributed by atoms with E-state index in [1.54, 1.807) is 30.7 Å². The first-order chi connectivity index (χ1) is 9.05. The van der Waals surface area contributed by atoms with Gasteiger partial charge in [-0.15, -0.1) is 0 Å². The highest BCUT2D eigenvalue weighted by Gasteiger charge is 2.07. The molecule has 0 spiro atoms. The van der Waals surface area contributed by atoms with Crippen molar-refractivity contribution in [3.8, 4) is 0 Å². The molecule has 0 saturated heterocycles. The second kappa shape index (κ2) is 5.59. The molecule has 0 radical (unpaired) electrons. The van der Waals surface area contributed by atoms with Crippen LogP contribution in [0.3, 0.4) is 0 Å². The summed E-state index contributed by atoms with van der Waals surface area (Å²) in [6, 6.07) is 9.19. The molecule has 0 atom stereocenters. The molecule has 0 aliphatic carbocycles. The Labute approximate surface area is 110 Å². The van der Waals surface area contributed by atoms with E-state index in [1.807, 2.05) is 0 Å². The number of rotatable bonds is 4. The molecule has 0 aliphatic rings. The molecule has 0 unspecified atom stereocenters. The Kier molecular flexibility index (Phi) is 3.88. The minimum Gasteiger partial charge on any atom is -0.282 e. The molecule has 2 rings (SSSR count). The first kappa shape index (κ1) is 13.2. The van der Waals surface area contributed by atoms with E-state index >= 15 is 0 Å². The van der Waals surface area contributed by atoms with Gasteiger partial charge in [0, 0.05) is 12.4 Å². The molecule has 7 heteroatoms. The second-order valence-corrected chi connectivity index (χ2v) is 5.07. The Hall–Kier alpha value is -2.25. The quantitative estimate of drug-likeness (QED) is 0.505. The molecule has 2 N–H and O–H groups in total. The summed E-state index contributed by atoms with van der Waals surface area (Å²) in [7, 11) is -4.16. The molecule has 1 aromatic heterocycles. The van der Waals surface area contributed by atoms with E-state index in [-0.39, 0.29) is 4.90 Å². The summed E-state index contributed by atoms with van der Waals surface area (Å²) in [5, 5.41) is 3.99. The van der Waals surface area contributed by atoms with E-state index in [0.29, 0.717) is 5.69 Å².